The van der Waals surface area contributed by atoms with Crippen molar-refractivity contribution in [2.45, 2.75) is 64.4 Å². The topological polar surface area (TPSA) is 81.4 Å². The van der Waals surface area contributed by atoms with Crippen LogP contribution in [-0.4, -0.2) is 35.2 Å². The van der Waals surface area contributed by atoms with Crippen LogP contribution in [0.25, 0.3) is 22.5 Å². The molecule has 1 saturated carbocycles. The summed E-state index contributed by atoms with van der Waals surface area (Å²) in [4.78, 5) is 4.55. The molecule has 0 spiro atoms. The second-order valence-corrected chi connectivity index (χ2v) is 11.4. The third-order valence-electron chi connectivity index (χ3n) is 6.79. The van der Waals surface area contributed by atoms with Crippen LogP contribution in [0.1, 0.15) is 52.1 Å². The maximum absolute atomic E-state index is 12.6. The van der Waals surface area contributed by atoms with Gasteiger partial charge < -0.3 is 9.94 Å². The van der Waals surface area contributed by atoms with Crippen molar-refractivity contribution in [3.05, 3.63) is 42.2 Å². The highest BCUT2D eigenvalue weighted by molar-refractivity contribution is 7.91. The third-order valence-corrected chi connectivity index (χ3v) is 8.52. The molecule has 2 aliphatic heterocycles. The van der Waals surface area contributed by atoms with Gasteiger partial charge in [0.2, 0.25) is 0 Å². The minimum Gasteiger partial charge on any atom is -0.490 e. The number of hydrogen-bond acceptors (Lipinski definition) is 5. The van der Waals surface area contributed by atoms with Gasteiger partial charge in [0.15, 0.2) is 15.7 Å². The van der Waals surface area contributed by atoms with Crippen LogP contribution in [0, 0.1) is 18.8 Å². The molecule has 7 heteroatoms. The summed E-state index contributed by atoms with van der Waals surface area (Å²) in [5.41, 5.74) is 2.88. The Labute approximate surface area is 190 Å². The fourth-order valence-corrected chi connectivity index (χ4v) is 5.58. The van der Waals surface area contributed by atoms with E-state index in [0.29, 0.717) is 28.7 Å². The lowest BCUT2D eigenvalue weighted by Crippen LogP contribution is -2.26. The normalized spacial score (nSPS) is 19.5. The van der Waals surface area contributed by atoms with Crippen molar-refractivity contribution in [1.29, 1.82) is 0 Å². The lowest BCUT2D eigenvalue weighted by molar-refractivity contribution is 0.117. The van der Waals surface area contributed by atoms with Gasteiger partial charge in [0, 0.05) is 17.3 Å². The number of pyridine rings is 1. The Balaban J connectivity index is 1.77. The molecular weight excluding hydrogens is 424 g/mol. The maximum atomic E-state index is 12.6. The first-order chi connectivity index (χ1) is 15.2. The Hall–Kier alpha value is -2.54. The van der Waals surface area contributed by atoms with Crippen molar-refractivity contribution in [2.24, 2.45) is 11.8 Å². The van der Waals surface area contributed by atoms with E-state index in [2.05, 4.69) is 18.8 Å². The van der Waals surface area contributed by atoms with Crippen molar-refractivity contribution in [2.75, 3.05) is 5.75 Å². The summed E-state index contributed by atoms with van der Waals surface area (Å²) >= 11 is 0. The number of rotatable bonds is 6. The van der Waals surface area contributed by atoms with Crippen molar-refractivity contribution in [3.8, 4) is 28.3 Å². The summed E-state index contributed by atoms with van der Waals surface area (Å²) in [6.07, 6.45) is 6.03. The van der Waals surface area contributed by atoms with E-state index in [1.54, 1.807) is 38.2 Å². The van der Waals surface area contributed by atoms with Crippen molar-refractivity contribution < 1.29 is 18.4 Å². The number of hydrogen-bond donors (Lipinski definition) is 1. The summed E-state index contributed by atoms with van der Waals surface area (Å²) in [5, 5.41) is 10.4. The Morgan fingerprint density at radius 2 is 1.81 bits per heavy atom. The first-order valence-electron chi connectivity index (χ1n) is 11.4. The third kappa shape index (κ3) is 4.22. The first kappa shape index (κ1) is 22.6. The van der Waals surface area contributed by atoms with Gasteiger partial charge in [-0.15, -0.1) is 0 Å². The lowest BCUT2D eigenvalue weighted by atomic mass is 9.80. The van der Waals surface area contributed by atoms with Crippen LogP contribution >= 0.6 is 0 Å². The molecule has 0 aromatic heterocycles. The van der Waals surface area contributed by atoms with Gasteiger partial charge in [0.1, 0.15) is 5.75 Å². The molecular formula is C25H32N2O4S. The maximum Gasteiger partial charge on any atom is 0.178 e. The van der Waals surface area contributed by atoms with Gasteiger partial charge in [0.25, 0.3) is 0 Å². The van der Waals surface area contributed by atoms with Crippen LogP contribution in [0.15, 0.2) is 41.4 Å². The molecule has 32 heavy (non-hydrogen) atoms. The van der Waals surface area contributed by atoms with E-state index in [0.717, 1.165) is 47.5 Å². The molecule has 0 amide bonds. The number of sulfone groups is 1. The number of aromatic nitrogens is 2. The monoisotopic (exact) mass is 456 g/mol. The molecule has 3 aliphatic rings. The summed E-state index contributed by atoms with van der Waals surface area (Å²) in [6.45, 7) is 7.99. The molecule has 0 radical (unpaired) electrons. The number of ether oxygens (including phenoxy) is 1. The van der Waals surface area contributed by atoms with Crippen LogP contribution in [0.2, 0.25) is 0 Å². The van der Waals surface area contributed by atoms with Crippen molar-refractivity contribution in [1.82, 2.24) is 9.71 Å². The van der Waals surface area contributed by atoms with Crippen LogP contribution in [-0.2, 0) is 9.84 Å². The first-order valence-corrected chi connectivity index (χ1v) is 13.1. The van der Waals surface area contributed by atoms with Gasteiger partial charge in [-0.05, 0) is 80.3 Å². The molecule has 6 nitrogen and oxygen atoms in total. The molecule has 1 aliphatic carbocycles. The van der Waals surface area contributed by atoms with Crippen molar-refractivity contribution in [3.63, 3.8) is 0 Å². The molecule has 1 aromatic carbocycles. The summed E-state index contributed by atoms with van der Waals surface area (Å²) in [6, 6.07) is 8.81. The molecule has 1 N–H and O–H groups in total. The standard InChI is InChI=1S/C25H32N2O4S/c1-5-32(29,30)20-10-11-24(31-19-8-6-18(7-9-19)16(2)3)23(15-20)22-14-17(4)27(28)25-21(22)12-13-26-25/h10-16,18-19,28H,5-9H2,1-4H3. The summed E-state index contributed by atoms with van der Waals surface area (Å²) in [5.74, 6) is 2.56. The van der Waals surface area contributed by atoms with Gasteiger partial charge in [-0.3, -0.25) is 0 Å². The Bertz CT molecular complexity index is 1170. The summed E-state index contributed by atoms with van der Waals surface area (Å²) in [7, 11) is -3.38. The van der Waals surface area contributed by atoms with Crippen molar-refractivity contribution >= 4 is 9.84 Å². The number of aryl methyl sites for hydroxylation is 1. The Morgan fingerprint density at radius 1 is 1.09 bits per heavy atom. The molecule has 0 saturated heterocycles. The highest BCUT2D eigenvalue weighted by atomic mass is 32.2. The molecule has 1 fully saturated rings. The zero-order valence-corrected chi connectivity index (χ0v) is 20.0. The zero-order valence-electron chi connectivity index (χ0n) is 19.2. The Morgan fingerprint density at radius 3 is 2.47 bits per heavy atom. The predicted molar refractivity (Wildman–Crippen MR) is 125 cm³/mol. The molecule has 2 heterocycles. The van der Waals surface area contributed by atoms with E-state index in [9.17, 15) is 13.6 Å². The van der Waals surface area contributed by atoms with Gasteiger partial charge in [0.05, 0.1) is 22.4 Å². The zero-order chi connectivity index (χ0) is 23.0. The summed E-state index contributed by atoms with van der Waals surface area (Å²) < 4.78 is 32.8. The van der Waals surface area contributed by atoms with E-state index in [-0.39, 0.29) is 16.8 Å². The van der Waals surface area contributed by atoms with Gasteiger partial charge in [-0.25, -0.2) is 13.4 Å². The molecule has 0 unspecified atom stereocenters. The predicted octanol–water partition coefficient (Wildman–Crippen LogP) is 5.59. The largest absolute Gasteiger partial charge is 0.490 e. The van der Waals surface area contributed by atoms with Crippen LogP contribution in [0.3, 0.4) is 0 Å². The van der Waals surface area contributed by atoms with Crippen LogP contribution < -0.4 is 4.74 Å². The lowest BCUT2D eigenvalue weighted by Gasteiger charge is -2.31. The smallest absolute Gasteiger partial charge is 0.178 e. The average molecular weight is 457 g/mol. The minimum absolute atomic E-state index is 0.0314. The van der Waals surface area contributed by atoms with E-state index >= 15 is 0 Å². The SMILES string of the molecule is CCS(=O)(=O)c1ccc(OC2CCC(C(C)C)CC2)c(-c2cc(C)n(O)c3nccc2-3)c1. The van der Waals surface area contributed by atoms with Gasteiger partial charge >= 0.3 is 0 Å². The second kappa shape index (κ2) is 8.77. The number of nitrogens with zero attached hydrogens (tertiary/aromatic N) is 2. The van der Waals surface area contributed by atoms with E-state index in [1.165, 1.54) is 0 Å². The van der Waals surface area contributed by atoms with E-state index < -0.39 is 9.84 Å². The molecule has 172 valence electrons. The van der Waals surface area contributed by atoms with Gasteiger partial charge in [-0.1, -0.05) is 20.8 Å². The number of fused-ring (bicyclic) bond motifs is 1. The minimum atomic E-state index is -3.38. The highest BCUT2D eigenvalue weighted by Crippen LogP contribution is 2.41. The van der Waals surface area contributed by atoms with E-state index in [4.69, 9.17) is 4.74 Å². The number of benzene rings is 1. The molecule has 4 rings (SSSR count). The molecule has 0 bridgehead atoms. The second-order valence-electron chi connectivity index (χ2n) is 9.15. The highest BCUT2D eigenvalue weighted by Gasteiger charge is 2.27. The Kier molecular flexibility index (Phi) is 6.21. The van der Waals surface area contributed by atoms with Crippen LogP contribution in [0.5, 0.6) is 5.75 Å². The average Bonchev–Trinajstić information content (AvgIpc) is 3.27. The van der Waals surface area contributed by atoms with Crippen LogP contribution in [0.4, 0.5) is 0 Å². The van der Waals surface area contributed by atoms with Gasteiger partial charge in [-0.2, -0.15) is 4.73 Å². The fourth-order valence-electron chi connectivity index (χ4n) is 4.68. The fraction of sp³-hybridized carbons (Fsp3) is 0.480. The van der Waals surface area contributed by atoms with E-state index in [1.807, 2.05) is 12.1 Å². The molecule has 0 atom stereocenters. The quantitative estimate of drug-likeness (QED) is 0.489. The molecule has 1 aromatic rings.